The quantitative estimate of drug-likeness (QED) is 0.763. The predicted molar refractivity (Wildman–Crippen MR) is 91.4 cm³/mol. The van der Waals surface area contributed by atoms with Gasteiger partial charge in [-0.2, -0.15) is 0 Å². The van der Waals surface area contributed by atoms with Crippen molar-refractivity contribution in [3.8, 4) is 11.5 Å². The molecule has 0 saturated carbocycles. The molecule has 1 aliphatic rings. The van der Waals surface area contributed by atoms with E-state index in [2.05, 4.69) is 26.6 Å². The van der Waals surface area contributed by atoms with Gasteiger partial charge in [-0.25, -0.2) is 4.39 Å². The molecule has 1 heterocycles. The first-order chi connectivity index (χ1) is 10.6. The molecule has 1 aliphatic heterocycles. The highest BCUT2D eigenvalue weighted by atomic mass is 79.9. The third kappa shape index (κ3) is 3.48. The summed E-state index contributed by atoms with van der Waals surface area (Å²) >= 11 is 8.54. The Morgan fingerprint density at radius 2 is 1.82 bits per heavy atom. The summed E-state index contributed by atoms with van der Waals surface area (Å²) in [5.74, 6) is 1.09. The lowest BCUT2D eigenvalue weighted by Gasteiger charge is -2.19. The highest BCUT2D eigenvalue weighted by Crippen LogP contribution is 2.32. The number of hydrogen-bond donors (Lipinski definition) is 2. The maximum Gasteiger partial charge on any atom is 0.175 e. The average molecular weight is 383 g/mol. The molecular weight excluding hydrogens is 371 g/mol. The molecule has 22 heavy (non-hydrogen) atoms. The Labute approximate surface area is 140 Å². The van der Waals surface area contributed by atoms with Gasteiger partial charge in [0.25, 0.3) is 0 Å². The number of rotatable bonds is 2. The Morgan fingerprint density at radius 3 is 2.59 bits per heavy atom. The molecule has 2 N–H and O–H groups in total. The van der Waals surface area contributed by atoms with E-state index in [1.807, 2.05) is 18.2 Å². The molecule has 0 fully saturated rings. The van der Waals surface area contributed by atoms with E-state index in [9.17, 15) is 4.39 Å². The number of halogens is 2. The number of thiocarbonyl (C=S) groups is 1. The van der Waals surface area contributed by atoms with Crippen molar-refractivity contribution in [2.75, 3.05) is 23.8 Å². The molecule has 0 saturated heterocycles. The van der Waals surface area contributed by atoms with Crippen molar-refractivity contribution in [3.05, 3.63) is 46.7 Å². The SMILES string of the molecule is Fc1ccc(NC(=S)Nc2ccc3c(c2)OCCO3)c(Br)c1. The first-order valence-electron chi connectivity index (χ1n) is 6.54. The maximum atomic E-state index is 13.1. The van der Waals surface area contributed by atoms with Gasteiger partial charge in [0, 0.05) is 16.2 Å². The van der Waals surface area contributed by atoms with Crippen molar-refractivity contribution in [2.24, 2.45) is 0 Å². The van der Waals surface area contributed by atoms with Crippen LogP contribution in [0.15, 0.2) is 40.9 Å². The van der Waals surface area contributed by atoms with Crippen molar-refractivity contribution in [3.63, 3.8) is 0 Å². The number of nitrogens with one attached hydrogen (secondary N) is 2. The van der Waals surface area contributed by atoms with E-state index in [1.54, 1.807) is 6.07 Å². The largest absolute Gasteiger partial charge is 0.486 e. The number of hydrogen-bond acceptors (Lipinski definition) is 3. The van der Waals surface area contributed by atoms with Crippen LogP contribution in [0.2, 0.25) is 0 Å². The third-order valence-corrected chi connectivity index (χ3v) is 3.84. The van der Waals surface area contributed by atoms with Gasteiger partial charge in [-0.1, -0.05) is 0 Å². The van der Waals surface area contributed by atoms with E-state index in [4.69, 9.17) is 21.7 Å². The molecule has 0 amide bonds. The molecule has 3 rings (SSSR count). The minimum Gasteiger partial charge on any atom is -0.486 e. The van der Waals surface area contributed by atoms with Crippen LogP contribution in [0.4, 0.5) is 15.8 Å². The second-order valence-corrected chi connectivity index (χ2v) is 5.82. The summed E-state index contributed by atoms with van der Waals surface area (Å²) in [6.45, 7) is 1.08. The Kier molecular flexibility index (Phi) is 4.44. The zero-order valence-corrected chi connectivity index (χ0v) is 13.8. The summed E-state index contributed by atoms with van der Waals surface area (Å²) in [6, 6.07) is 9.84. The smallest absolute Gasteiger partial charge is 0.175 e. The van der Waals surface area contributed by atoms with Gasteiger partial charge in [-0.3, -0.25) is 0 Å². The highest BCUT2D eigenvalue weighted by molar-refractivity contribution is 9.10. The second kappa shape index (κ2) is 6.50. The standard InChI is InChI=1S/C15H12BrFN2O2S/c16-11-7-9(17)1-3-12(11)19-15(22)18-10-2-4-13-14(8-10)21-6-5-20-13/h1-4,7-8H,5-6H2,(H2,18,19,22). The van der Waals surface area contributed by atoms with Gasteiger partial charge in [-0.15, -0.1) is 0 Å². The Hall–Kier alpha value is -1.86. The Morgan fingerprint density at radius 1 is 1.05 bits per heavy atom. The van der Waals surface area contributed by atoms with Crippen LogP contribution in [0.3, 0.4) is 0 Å². The fraction of sp³-hybridized carbons (Fsp3) is 0.133. The molecule has 0 atom stereocenters. The van der Waals surface area contributed by atoms with E-state index in [1.165, 1.54) is 12.1 Å². The third-order valence-electron chi connectivity index (χ3n) is 2.98. The lowest BCUT2D eigenvalue weighted by molar-refractivity contribution is 0.171. The van der Waals surface area contributed by atoms with Crippen LogP contribution in [0.1, 0.15) is 0 Å². The fourth-order valence-electron chi connectivity index (χ4n) is 2.00. The van der Waals surface area contributed by atoms with Crippen LogP contribution >= 0.6 is 28.1 Å². The topological polar surface area (TPSA) is 42.5 Å². The van der Waals surface area contributed by atoms with Crippen molar-refractivity contribution >= 4 is 44.6 Å². The minimum absolute atomic E-state index is 0.317. The lowest BCUT2D eigenvalue weighted by atomic mass is 10.2. The Bertz CT molecular complexity index is 727. The van der Waals surface area contributed by atoms with Gasteiger partial charge < -0.3 is 20.1 Å². The summed E-state index contributed by atoms with van der Waals surface area (Å²) in [4.78, 5) is 0. The summed E-state index contributed by atoms with van der Waals surface area (Å²) in [5, 5.41) is 6.45. The maximum absolute atomic E-state index is 13.1. The van der Waals surface area contributed by atoms with Crippen molar-refractivity contribution in [1.82, 2.24) is 0 Å². The van der Waals surface area contributed by atoms with E-state index in [-0.39, 0.29) is 5.82 Å². The van der Waals surface area contributed by atoms with Gasteiger partial charge in [0.1, 0.15) is 19.0 Å². The molecule has 0 spiro atoms. The van der Waals surface area contributed by atoms with Gasteiger partial charge in [0.15, 0.2) is 16.6 Å². The molecule has 0 aliphatic carbocycles. The molecule has 0 radical (unpaired) electrons. The molecule has 2 aromatic rings. The summed E-state index contributed by atoms with van der Waals surface area (Å²) in [7, 11) is 0. The van der Waals surface area contributed by atoms with Crippen LogP contribution in [0.25, 0.3) is 0 Å². The summed E-state index contributed by atoms with van der Waals surface area (Å²) in [6.07, 6.45) is 0. The fourth-order valence-corrected chi connectivity index (χ4v) is 2.67. The van der Waals surface area contributed by atoms with Crippen LogP contribution < -0.4 is 20.1 Å². The number of anilines is 2. The highest BCUT2D eigenvalue weighted by Gasteiger charge is 2.12. The van der Waals surface area contributed by atoms with Crippen LogP contribution in [-0.4, -0.2) is 18.3 Å². The molecule has 0 bridgehead atoms. The number of ether oxygens (including phenoxy) is 2. The van der Waals surface area contributed by atoms with Crippen molar-refractivity contribution in [1.29, 1.82) is 0 Å². The van der Waals surface area contributed by atoms with E-state index < -0.39 is 0 Å². The summed E-state index contributed by atoms with van der Waals surface area (Å²) < 4.78 is 24.6. The Balaban J connectivity index is 1.69. The van der Waals surface area contributed by atoms with Gasteiger partial charge in [0.05, 0.1) is 5.69 Å². The average Bonchev–Trinajstić information content (AvgIpc) is 2.50. The van der Waals surface area contributed by atoms with E-state index >= 15 is 0 Å². The zero-order chi connectivity index (χ0) is 15.5. The first-order valence-corrected chi connectivity index (χ1v) is 7.75. The van der Waals surface area contributed by atoms with Gasteiger partial charge >= 0.3 is 0 Å². The van der Waals surface area contributed by atoms with Crippen molar-refractivity contribution < 1.29 is 13.9 Å². The first kappa shape index (κ1) is 15.1. The molecule has 4 nitrogen and oxygen atoms in total. The predicted octanol–water partition coefficient (Wildman–Crippen LogP) is 4.17. The lowest BCUT2D eigenvalue weighted by Crippen LogP contribution is -2.20. The molecule has 2 aromatic carbocycles. The summed E-state index contributed by atoms with van der Waals surface area (Å²) in [5.41, 5.74) is 1.46. The molecule has 7 heteroatoms. The van der Waals surface area contributed by atoms with E-state index in [0.29, 0.717) is 34.2 Å². The van der Waals surface area contributed by atoms with Crippen LogP contribution in [-0.2, 0) is 0 Å². The second-order valence-electron chi connectivity index (χ2n) is 4.56. The van der Waals surface area contributed by atoms with Gasteiger partial charge in [-0.05, 0) is 58.5 Å². The molecule has 0 aromatic heterocycles. The minimum atomic E-state index is -0.317. The van der Waals surface area contributed by atoms with Gasteiger partial charge in [0.2, 0.25) is 0 Å². The van der Waals surface area contributed by atoms with Crippen molar-refractivity contribution in [2.45, 2.75) is 0 Å². The van der Waals surface area contributed by atoms with Crippen LogP contribution in [0, 0.1) is 5.82 Å². The van der Waals surface area contributed by atoms with E-state index in [0.717, 1.165) is 11.4 Å². The number of fused-ring (bicyclic) bond motifs is 1. The monoisotopic (exact) mass is 382 g/mol. The van der Waals surface area contributed by atoms with Crippen LogP contribution in [0.5, 0.6) is 11.5 Å². The zero-order valence-electron chi connectivity index (χ0n) is 11.4. The number of benzene rings is 2. The molecule has 114 valence electrons. The molecule has 0 unspecified atom stereocenters. The normalized spacial score (nSPS) is 12.6. The molecular formula is C15H12BrFN2O2S.